The maximum Gasteiger partial charge on any atom is 0.414 e. The molecule has 1 amide bonds. The molecule has 7 nitrogen and oxygen atoms in total. The first-order valence-corrected chi connectivity index (χ1v) is 12.1. The number of benzene rings is 2. The van der Waals surface area contributed by atoms with Crippen molar-refractivity contribution in [1.82, 2.24) is 14.7 Å². The minimum absolute atomic E-state index is 0.00616. The fourth-order valence-corrected chi connectivity index (χ4v) is 5.08. The number of hydrogen-bond donors (Lipinski definition) is 0. The van der Waals surface area contributed by atoms with Gasteiger partial charge in [0.2, 0.25) is 0 Å². The van der Waals surface area contributed by atoms with E-state index in [2.05, 4.69) is 22.8 Å². The van der Waals surface area contributed by atoms with Crippen LogP contribution in [0, 0.1) is 5.82 Å². The van der Waals surface area contributed by atoms with Crippen molar-refractivity contribution in [3.63, 3.8) is 0 Å². The van der Waals surface area contributed by atoms with Crippen molar-refractivity contribution in [3.8, 4) is 22.6 Å². The molecule has 2 aliphatic heterocycles. The summed E-state index contributed by atoms with van der Waals surface area (Å²) < 4.78 is 27.1. The maximum absolute atomic E-state index is 13.5. The number of carbonyl (C=O) groups excluding carboxylic acids is 1. The molecule has 8 heteroatoms. The third kappa shape index (κ3) is 4.62. The summed E-state index contributed by atoms with van der Waals surface area (Å²) in [5.74, 6) is 0.877. The molecule has 1 fully saturated rings. The number of anilines is 1. The van der Waals surface area contributed by atoms with E-state index in [-0.39, 0.29) is 11.9 Å². The molecule has 2 aliphatic rings. The van der Waals surface area contributed by atoms with Crippen molar-refractivity contribution in [1.29, 1.82) is 0 Å². The Morgan fingerprint density at radius 3 is 2.54 bits per heavy atom. The number of nitrogens with zero attached hydrogens (tertiary/aromatic N) is 4. The lowest BCUT2D eigenvalue weighted by Crippen LogP contribution is -2.42. The third-order valence-corrected chi connectivity index (χ3v) is 7.13. The lowest BCUT2D eigenvalue weighted by molar-refractivity contribution is 0.175. The largest absolute Gasteiger partial charge is 0.456 e. The fourth-order valence-electron chi connectivity index (χ4n) is 5.08. The number of ether oxygens (including phenoxy) is 2. The number of amides is 1. The van der Waals surface area contributed by atoms with E-state index in [9.17, 15) is 9.18 Å². The summed E-state index contributed by atoms with van der Waals surface area (Å²) in [5.41, 5.74) is 3.56. The molecular formula is C27H31FN4O3. The van der Waals surface area contributed by atoms with Crippen molar-refractivity contribution in [3.05, 3.63) is 60.2 Å². The molecule has 0 saturated carbocycles. The van der Waals surface area contributed by atoms with Crippen LogP contribution >= 0.6 is 0 Å². The Bertz CT molecular complexity index is 1200. The van der Waals surface area contributed by atoms with Crippen LogP contribution in [0.1, 0.15) is 37.8 Å². The summed E-state index contributed by atoms with van der Waals surface area (Å²) in [4.78, 5) is 16.6. The quantitative estimate of drug-likeness (QED) is 0.485. The summed E-state index contributed by atoms with van der Waals surface area (Å²) in [6, 6.07) is 10.3. The number of fused-ring (bicyclic) bond motifs is 1. The van der Waals surface area contributed by atoms with E-state index < -0.39 is 6.09 Å². The molecule has 2 aromatic carbocycles. The normalized spacial score (nSPS) is 18.9. The van der Waals surface area contributed by atoms with Gasteiger partial charge >= 0.3 is 6.09 Å². The van der Waals surface area contributed by atoms with Gasteiger partial charge in [-0.1, -0.05) is 0 Å². The van der Waals surface area contributed by atoms with E-state index in [1.807, 2.05) is 25.3 Å². The van der Waals surface area contributed by atoms with Crippen LogP contribution in [0.3, 0.4) is 0 Å². The average Bonchev–Trinajstić information content (AvgIpc) is 3.35. The summed E-state index contributed by atoms with van der Waals surface area (Å²) in [6.45, 7) is 4.12. The molecule has 3 heterocycles. The monoisotopic (exact) mass is 478 g/mol. The van der Waals surface area contributed by atoms with E-state index >= 15 is 0 Å². The number of hydrogen-bond acceptors (Lipinski definition) is 5. The van der Waals surface area contributed by atoms with E-state index in [1.165, 1.54) is 19.2 Å². The van der Waals surface area contributed by atoms with Crippen molar-refractivity contribution < 1.29 is 18.7 Å². The zero-order valence-corrected chi connectivity index (χ0v) is 20.4. The fraction of sp³-hybridized carbons (Fsp3) is 0.407. The molecule has 0 N–H and O–H groups in total. The molecule has 0 radical (unpaired) electrons. The zero-order chi connectivity index (χ0) is 24.5. The second-order valence-corrected chi connectivity index (χ2v) is 9.47. The number of aromatic nitrogens is 2. The number of likely N-dealkylation sites (tertiary alicyclic amines) is 1. The summed E-state index contributed by atoms with van der Waals surface area (Å²) in [5, 5.41) is 4.69. The molecule has 1 saturated heterocycles. The summed E-state index contributed by atoms with van der Waals surface area (Å²) in [6.07, 6.45) is 7.21. The van der Waals surface area contributed by atoms with E-state index in [4.69, 9.17) is 14.6 Å². The van der Waals surface area contributed by atoms with Gasteiger partial charge in [0.15, 0.2) is 0 Å². The Morgan fingerprint density at radius 2 is 1.83 bits per heavy atom. The minimum atomic E-state index is -0.394. The lowest BCUT2D eigenvalue weighted by Gasteiger charge is -2.35. The van der Waals surface area contributed by atoms with Crippen molar-refractivity contribution in [2.45, 2.75) is 44.7 Å². The maximum atomic E-state index is 13.5. The predicted molar refractivity (Wildman–Crippen MR) is 133 cm³/mol. The van der Waals surface area contributed by atoms with Gasteiger partial charge in [-0.2, -0.15) is 5.10 Å². The molecular weight excluding hydrogens is 447 g/mol. The highest BCUT2D eigenvalue weighted by Gasteiger charge is 2.32. The van der Waals surface area contributed by atoms with Gasteiger partial charge in [0.1, 0.15) is 17.3 Å². The molecule has 0 spiro atoms. The third-order valence-electron chi connectivity index (χ3n) is 7.13. The molecule has 184 valence electrons. The molecule has 5 rings (SSSR count). The summed E-state index contributed by atoms with van der Waals surface area (Å²) in [7, 11) is 3.54. The smallest absolute Gasteiger partial charge is 0.414 e. The van der Waals surface area contributed by atoms with Gasteiger partial charge in [0.05, 0.1) is 25.0 Å². The van der Waals surface area contributed by atoms with Crippen LogP contribution in [0.5, 0.6) is 11.5 Å². The van der Waals surface area contributed by atoms with Gasteiger partial charge in [0.25, 0.3) is 0 Å². The highest BCUT2D eigenvalue weighted by Crippen LogP contribution is 2.45. The zero-order valence-electron chi connectivity index (χ0n) is 20.4. The first kappa shape index (κ1) is 23.4. The van der Waals surface area contributed by atoms with Gasteiger partial charge < -0.3 is 14.4 Å². The standard InChI is InChI=1S/C27H31FN4O3/c1-18-4-9-24-25(32(18)27(33)34-3)11-10-23(26(24)35-22-7-5-20(28)6-8-22)19-16-29-31(17-19)21-12-14-30(2)15-13-21/h5-8,10-11,16-18,21H,4,9,12-15H2,1-3H3/t18-/m0/s1. The van der Waals surface area contributed by atoms with Crippen molar-refractivity contribution >= 4 is 11.8 Å². The Kier molecular flexibility index (Phi) is 6.47. The van der Waals surface area contributed by atoms with Crippen LogP contribution in [0.4, 0.5) is 14.9 Å². The second-order valence-electron chi connectivity index (χ2n) is 9.47. The number of carbonyl (C=O) groups is 1. The topological polar surface area (TPSA) is 59.8 Å². The van der Waals surface area contributed by atoms with Crippen LogP contribution in [-0.4, -0.2) is 54.1 Å². The Hall–Kier alpha value is -3.39. The predicted octanol–water partition coefficient (Wildman–Crippen LogP) is 5.66. The van der Waals surface area contributed by atoms with E-state index in [0.29, 0.717) is 17.5 Å². The van der Waals surface area contributed by atoms with Crippen molar-refractivity contribution in [2.24, 2.45) is 0 Å². The van der Waals surface area contributed by atoms with Gasteiger partial charge in [-0.15, -0.1) is 0 Å². The highest BCUT2D eigenvalue weighted by atomic mass is 19.1. The van der Waals surface area contributed by atoms with Gasteiger partial charge in [-0.3, -0.25) is 9.58 Å². The second kappa shape index (κ2) is 9.70. The minimum Gasteiger partial charge on any atom is -0.456 e. The van der Waals surface area contributed by atoms with Crippen molar-refractivity contribution in [2.75, 3.05) is 32.1 Å². The molecule has 3 aromatic rings. The van der Waals surface area contributed by atoms with Crippen LogP contribution in [0.15, 0.2) is 48.8 Å². The first-order chi connectivity index (χ1) is 16.9. The lowest BCUT2D eigenvalue weighted by atomic mass is 9.92. The Morgan fingerprint density at radius 1 is 1.09 bits per heavy atom. The van der Waals surface area contributed by atoms with Gasteiger partial charge in [-0.05, 0) is 89.1 Å². The Balaban J connectivity index is 1.57. The molecule has 0 bridgehead atoms. The Labute approximate surface area is 205 Å². The number of piperidine rings is 1. The number of halogens is 1. The van der Waals surface area contributed by atoms with E-state index in [1.54, 1.807) is 17.0 Å². The average molecular weight is 479 g/mol. The molecule has 0 aliphatic carbocycles. The van der Waals surface area contributed by atoms with E-state index in [0.717, 1.165) is 61.2 Å². The van der Waals surface area contributed by atoms with Gasteiger partial charge in [0, 0.05) is 28.9 Å². The molecule has 35 heavy (non-hydrogen) atoms. The molecule has 1 aromatic heterocycles. The molecule has 0 unspecified atom stereocenters. The van der Waals surface area contributed by atoms with Crippen LogP contribution in [0.25, 0.3) is 11.1 Å². The van der Waals surface area contributed by atoms with Crippen LogP contribution < -0.4 is 9.64 Å². The number of methoxy groups -OCH3 is 1. The van der Waals surface area contributed by atoms with Crippen LogP contribution in [0.2, 0.25) is 0 Å². The van der Waals surface area contributed by atoms with Gasteiger partial charge in [-0.25, -0.2) is 9.18 Å². The SMILES string of the molecule is COC(=O)N1c2ccc(-c3cnn(C4CCN(C)CC4)c3)c(Oc3ccc(F)cc3)c2CC[C@@H]1C. The number of rotatable bonds is 4. The highest BCUT2D eigenvalue weighted by molar-refractivity contribution is 5.92. The first-order valence-electron chi connectivity index (χ1n) is 12.1. The summed E-state index contributed by atoms with van der Waals surface area (Å²) >= 11 is 0. The molecule has 1 atom stereocenters. The van der Waals surface area contributed by atoms with Crippen LogP contribution in [-0.2, 0) is 11.2 Å².